The molecule has 0 aromatic carbocycles. The zero-order valence-electron chi connectivity index (χ0n) is 10.6. The Morgan fingerprint density at radius 2 is 2.41 bits per heavy atom. The minimum absolute atomic E-state index is 0.243. The minimum Gasteiger partial charge on any atom is -0.395 e. The van der Waals surface area contributed by atoms with E-state index in [2.05, 4.69) is 28.2 Å². The van der Waals surface area contributed by atoms with Crippen LogP contribution in [0.5, 0.6) is 0 Å². The Balaban J connectivity index is 2.04. The number of hydrogen-bond donors (Lipinski definition) is 2. The van der Waals surface area contributed by atoms with E-state index < -0.39 is 0 Å². The van der Waals surface area contributed by atoms with Crippen LogP contribution in [0.3, 0.4) is 0 Å². The van der Waals surface area contributed by atoms with Crippen molar-refractivity contribution in [3.63, 3.8) is 0 Å². The molecule has 1 saturated heterocycles. The Hall–Kier alpha value is -1.13. The zero-order valence-corrected chi connectivity index (χ0v) is 10.6. The molecule has 1 aromatic heterocycles. The molecule has 1 aliphatic rings. The molecule has 0 amide bonds. The third-order valence-corrected chi connectivity index (χ3v) is 3.65. The largest absolute Gasteiger partial charge is 0.395 e. The molecule has 1 aromatic rings. The van der Waals surface area contributed by atoms with E-state index in [0.29, 0.717) is 5.92 Å². The molecule has 4 heteroatoms. The van der Waals surface area contributed by atoms with E-state index in [4.69, 9.17) is 0 Å². The van der Waals surface area contributed by atoms with Crippen LogP contribution in [0, 0.1) is 5.92 Å². The third kappa shape index (κ3) is 2.76. The van der Waals surface area contributed by atoms with Gasteiger partial charge in [0.15, 0.2) is 0 Å². The maximum atomic E-state index is 9.41. The van der Waals surface area contributed by atoms with Gasteiger partial charge in [-0.15, -0.1) is 0 Å². The predicted octanol–water partition coefficient (Wildman–Crippen LogP) is 1.33. The van der Waals surface area contributed by atoms with Gasteiger partial charge in [-0.25, -0.2) is 0 Å². The molecule has 17 heavy (non-hydrogen) atoms. The number of anilines is 1. The van der Waals surface area contributed by atoms with Crippen molar-refractivity contribution in [1.29, 1.82) is 0 Å². The van der Waals surface area contributed by atoms with Gasteiger partial charge in [-0.3, -0.25) is 9.88 Å². The van der Waals surface area contributed by atoms with Crippen LogP contribution >= 0.6 is 0 Å². The van der Waals surface area contributed by atoms with Crippen LogP contribution in [-0.4, -0.2) is 41.2 Å². The van der Waals surface area contributed by atoms with Gasteiger partial charge in [-0.05, 0) is 31.0 Å². The second kappa shape index (κ2) is 5.47. The lowest BCUT2D eigenvalue weighted by molar-refractivity contribution is 0.133. The number of nitrogens with one attached hydrogen (secondary N) is 1. The van der Waals surface area contributed by atoms with E-state index in [1.54, 1.807) is 0 Å². The lowest BCUT2D eigenvalue weighted by Crippen LogP contribution is -2.34. The molecule has 2 rings (SSSR count). The molecule has 4 nitrogen and oxygen atoms in total. The molecule has 2 heterocycles. The highest BCUT2D eigenvalue weighted by molar-refractivity contribution is 5.42. The number of nitrogens with zero attached hydrogens (tertiary/aromatic N) is 2. The van der Waals surface area contributed by atoms with E-state index >= 15 is 0 Å². The van der Waals surface area contributed by atoms with Crippen LogP contribution in [-0.2, 0) is 6.54 Å². The third-order valence-electron chi connectivity index (χ3n) is 3.65. The van der Waals surface area contributed by atoms with Gasteiger partial charge in [0, 0.05) is 31.5 Å². The van der Waals surface area contributed by atoms with Crippen molar-refractivity contribution >= 4 is 5.69 Å². The van der Waals surface area contributed by atoms with E-state index in [1.165, 1.54) is 0 Å². The van der Waals surface area contributed by atoms with E-state index in [9.17, 15) is 5.11 Å². The number of aromatic nitrogens is 1. The van der Waals surface area contributed by atoms with Gasteiger partial charge in [0.05, 0.1) is 12.3 Å². The molecule has 1 aliphatic heterocycles. The lowest BCUT2D eigenvalue weighted by Gasteiger charge is -2.24. The monoisotopic (exact) mass is 235 g/mol. The average Bonchev–Trinajstić information content (AvgIpc) is 2.70. The van der Waals surface area contributed by atoms with Crippen molar-refractivity contribution in [2.24, 2.45) is 5.92 Å². The summed E-state index contributed by atoms with van der Waals surface area (Å²) in [7, 11) is 1.91. The number of rotatable bonds is 4. The molecule has 2 unspecified atom stereocenters. The van der Waals surface area contributed by atoms with Gasteiger partial charge < -0.3 is 10.4 Å². The van der Waals surface area contributed by atoms with Crippen molar-refractivity contribution in [3.8, 4) is 0 Å². The van der Waals surface area contributed by atoms with Crippen LogP contribution in [0.2, 0.25) is 0 Å². The highest BCUT2D eigenvalue weighted by Gasteiger charge is 2.30. The first-order valence-corrected chi connectivity index (χ1v) is 6.22. The Kier molecular flexibility index (Phi) is 3.97. The zero-order chi connectivity index (χ0) is 12.3. The summed E-state index contributed by atoms with van der Waals surface area (Å²) < 4.78 is 0. The molecule has 1 fully saturated rings. The average molecular weight is 235 g/mol. The summed E-state index contributed by atoms with van der Waals surface area (Å²) in [6, 6.07) is 4.31. The highest BCUT2D eigenvalue weighted by Crippen LogP contribution is 2.25. The summed E-state index contributed by atoms with van der Waals surface area (Å²) in [5.41, 5.74) is 2.15. The first-order valence-electron chi connectivity index (χ1n) is 6.22. The number of likely N-dealkylation sites (tertiary alicyclic amines) is 1. The summed E-state index contributed by atoms with van der Waals surface area (Å²) in [5.74, 6) is 0.576. The van der Waals surface area contributed by atoms with Gasteiger partial charge in [0.25, 0.3) is 0 Å². The summed E-state index contributed by atoms with van der Waals surface area (Å²) >= 11 is 0. The van der Waals surface area contributed by atoms with Gasteiger partial charge in [0.1, 0.15) is 0 Å². The first-order chi connectivity index (χ1) is 8.24. The summed E-state index contributed by atoms with van der Waals surface area (Å²) in [6.45, 7) is 4.33. The predicted molar refractivity (Wildman–Crippen MR) is 68.8 cm³/mol. The number of aliphatic hydroxyl groups excluding tert-OH is 1. The molecule has 94 valence electrons. The molecule has 0 saturated carbocycles. The summed E-state index contributed by atoms with van der Waals surface area (Å²) in [6.07, 6.45) is 2.99. The van der Waals surface area contributed by atoms with Crippen LogP contribution in [0.4, 0.5) is 5.69 Å². The quantitative estimate of drug-likeness (QED) is 0.826. The van der Waals surface area contributed by atoms with Crippen molar-refractivity contribution in [1.82, 2.24) is 9.88 Å². The van der Waals surface area contributed by atoms with Gasteiger partial charge in [-0.2, -0.15) is 0 Å². The standard InChI is InChI=1S/C13H21N3O/c1-10-4-6-16(13(10)9-17)8-12-7-11(14-2)3-5-15-12/h3,5,7,10,13,17H,4,6,8-9H2,1-2H3,(H,14,15). The number of hydrogen-bond acceptors (Lipinski definition) is 4. The Morgan fingerprint density at radius 3 is 3.12 bits per heavy atom. The van der Waals surface area contributed by atoms with Crippen LogP contribution in [0.15, 0.2) is 18.3 Å². The van der Waals surface area contributed by atoms with Crippen molar-refractivity contribution in [3.05, 3.63) is 24.0 Å². The maximum absolute atomic E-state index is 9.41. The fourth-order valence-electron chi connectivity index (χ4n) is 2.51. The Morgan fingerprint density at radius 1 is 1.59 bits per heavy atom. The molecule has 2 atom stereocenters. The van der Waals surface area contributed by atoms with Crippen LogP contribution in [0.1, 0.15) is 19.0 Å². The SMILES string of the molecule is CNc1ccnc(CN2CCC(C)C2CO)c1. The normalized spacial score (nSPS) is 25.1. The molecule has 0 aliphatic carbocycles. The molecular weight excluding hydrogens is 214 g/mol. The fourth-order valence-corrected chi connectivity index (χ4v) is 2.51. The van der Waals surface area contributed by atoms with Crippen LogP contribution < -0.4 is 5.32 Å². The van der Waals surface area contributed by atoms with Crippen LogP contribution in [0.25, 0.3) is 0 Å². The van der Waals surface area contributed by atoms with Crippen molar-refractivity contribution in [2.75, 3.05) is 25.5 Å². The Labute approximate surface area is 103 Å². The first kappa shape index (κ1) is 12.3. The van der Waals surface area contributed by atoms with Gasteiger partial charge in [0.2, 0.25) is 0 Å². The molecule has 0 radical (unpaired) electrons. The Bertz CT molecular complexity index is 369. The van der Waals surface area contributed by atoms with Gasteiger partial charge in [-0.1, -0.05) is 6.92 Å². The van der Waals surface area contributed by atoms with E-state index in [0.717, 1.165) is 30.9 Å². The van der Waals surface area contributed by atoms with Crippen molar-refractivity contribution < 1.29 is 5.11 Å². The molecule has 2 N–H and O–H groups in total. The molecule has 0 spiro atoms. The topological polar surface area (TPSA) is 48.4 Å². The highest BCUT2D eigenvalue weighted by atomic mass is 16.3. The summed E-state index contributed by atoms with van der Waals surface area (Å²) in [4.78, 5) is 6.71. The summed E-state index contributed by atoms with van der Waals surface area (Å²) in [5, 5.41) is 12.5. The smallest absolute Gasteiger partial charge is 0.0589 e. The molecule has 0 bridgehead atoms. The number of aliphatic hydroxyl groups is 1. The molecular formula is C13H21N3O. The van der Waals surface area contributed by atoms with Gasteiger partial charge >= 0.3 is 0 Å². The maximum Gasteiger partial charge on any atom is 0.0589 e. The fraction of sp³-hybridized carbons (Fsp3) is 0.615. The minimum atomic E-state index is 0.243. The second-order valence-corrected chi connectivity index (χ2v) is 4.77. The number of pyridine rings is 1. The van der Waals surface area contributed by atoms with E-state index in [-0.39, 0.29) is 12.6 Å². The lowest BCUT2D eigenvalue weighted by atomic mass is 10.0. The van der Waals surface area contributed by atoms with E-state index in [1.807, 2.05) is 19.3 Å². The van der Waals surface area contributed by atoms with Crippen molar-refractivity contribution in [2.45, 2.75) is 25.9 Å². The second-order valence-electron chi connectivity index (χ2n) is 4.77.